The number of para-hydroxylation sites is 1. The van der Waals surface area contributed by atoms with Crippen LogP contribution in [-0.2, 0) is 27.5 Å². The lowest BCUT2D eigenvalue weighted by Crippen LogP contribution is -2.23. The Balaban J connectivity index is 1.24. The maximum absolute atomic E-state index is 13.9. The number of hydrogen-bond donors (Lipinski definition) is 0. The molecule has 0 fully saturated rings. The van der Waals surface area contributed by atoms with Gasteiger partial charge in [0.1, 0.15) is 0 Å². The van der Waals surface area contributed by atoms with Gasteiger partial charge in [-0.3, -0.25) is 14.5 Å². The summed E-state index contributed by atoms with van der Waals surface area (Å²) >= 11 is 0. The quantitative estimate of drug-likeness (QED) is 0.0528. The molecule has 7 aromatic rings. The molecule has 51 heavy (non-hydrogen) atoms. The second-order valence-corrected chi connectivity index (χ2v) is 12.8. The third kappa shape index (κ3) is 5.80. The second-order valence-electron chi connectivity index (χ2n) is 12.8. The van der Waals surface area contributed by atoms with E-state index in [0.29, 0.717) is 22.6 Å². The van der Waals surface area contributed by atoms with Crippen LogP contribution >= 0.6 is 0 Å². The number of hydrogen-bond acceptors (Lipinski definition) is 5. The van der Waals surface area contributed by atoms with E-state index in [0.717, 1.165) is 68.0 Å². The summed E-state index contributed by atoms with van der Waals surface area (Å²) in [6, 6.07) is 33.4. The first-order valence-corrected chi connectivity index (χ1v) is 17.1. The Labute approximate surface area is 295 Å². The van der Waals surface area contributed by atoms with Gasteiger partial charge in [0.15, 0.2) is 11.6 Å². The first kappa shape index (κ1) is 33.3. The van der Waals surface area contributed by atoms with Crippen molar-refractivity contribution in [3.63, 3.8) is 0 Å². The second kappa shape index (κ2) is 13.2. The van der Waals surface area contributed by atoms with Crippen molar-refractivity contribution in [3.8, 4) is 0 Å². The lowest BCUT2D eigenvalue weighted by Gasteiger charge is -2.22. The Kier molecular flexibility index (Phi) is 8.64. The van der Waals surface area contributed by atoms with Gasteiger partial charge in [0.25, 0.3) is 0 Å². The lowest BCUT2D eigenvalue weighted by atomic mass is 10.00. The molecular weight excluding hydrogens is 638 g/mol. The van der Waals surface area contributed by atoms with Crippen LogP contribution in [0.5, 0.6) is 0 Å². The molecule has 0 bridgehead atoms. The predicted octanol–water partition coefficient (Wildman–Crippen LogP) is 8.64. The summed E-state index contributed by atoms with van der Waals surface area (Å²) in [4.78, 5) is 47.0. The summed E-state index contributed by atoms with van der Waals surface area (Å²) in [5.74, 6) is -0.240. The molecule has 9 heteroatoms. The summed E-state index contributed by atoms with van der Waals surface area (Å²) in [5, 5.41) is 8.20. The lowest BCUT2D eigenvalue weighted by molar-refractivity contribution is -0.141. The first-order chi connectivity index (χ1) is 24.6. The van der Waals surface area contributed by atoms with Gasteiger partial charge in [0, 0.05) is 113 Å². The van der Waals surface area contributed by atoms with Crippen molar-refractivity contribution in [1.29, 1.82) is 0 Å². The Morgan fingerprint density at radius 2 is 1.12 bits per heavy atom. The van der Waals surface area contributed by atoms with Gasteiger partial charge in [-0.2, -0.15) is 0 Å². The summed E-state index contributed by atoms with van der Waals surface area (Å²) < 4.78 is 4.49. The molecule has 7 rings (SSSR count). The first-order valence-electron chi connectivity index (χ1n) is 17.1. The number of aryl methyl sites for hydroxylation is 2. The van der Waals surface area contributed by atoms with E-state index in [1.807, 2.05) is 80.8 Å². The van der Waals surface area contributed by atoms with Gasteiger partial charge in [0.05, 0.1) is 0 Å². The molecule has 1 amide bonds. The topological polar surface area (TPSA) is 89.1 Å². The number of amides is 1. The van der Waals surface area contributed by atoms with Crippen LogP contribution in [0.15, 0.2) is 108 Å². The highest BCUT2D eigenvalue weighted by Gasteiger charge is 2.20. The van der Waals surface area contributed by atoms with E-state index in [4.69, 9.17) is 4.84 Å². The van der Waals surface area contributed by atoms with Crippen molar-refractivity contribution in [2.24, 2.45) is 5.16 Å². The fourth-order valence-corrected chi connectivity index (χ4v) is 7.19. The number of ketones is 1. The number of carbonyl (C=O) groups excluding carboxylic acids is 3. The fraction of sp³-hybridized carbons (Fsp3) is 0.190. The minimum absolute atomic E-state index is 0.120. The molecule has 0 radical (unpaired) electrons. The van der Waals surface area contributed by atoms with E-state index in [9.17, 15) is 14.4 Å². The number of amidine groups is 1. The van der Waals surface area contributed by atoms with Crippen LogP contribution in [0.25, 0.3) is 43.6 Å². The van der Waals surface area contributed by atoms with Gasteiger partial charge in [-0.1, -0.05) is 23.4 Å². The van der Waals surface area contributed by atoms with Gasteiger partial charge in [0.2, 0.25) is 5.91 Å². The smallest absolute Gasteiger partial charge is 0.332 e. The molecule has 2 heterocycles. The molecule has 0 spiro atoms. The highest BCUT2D eigenvalue weighted by molar-refractivity contribution is 6.16. The zero-order valence-electron chi connectivity index (χ0n) is 29.6. The van der Waals surface area contributed by atoms with Crippen molar-refractivity contribution in [2.45, 2.75) is 40.8 Å². The number of aromatic nitrogens is 2. The number of oxime groups is 1. The Morgan fingerprint density at radius 1 is 0.608 bits per heavy atom. The minimum Gasteiger partial charge on any atom is -0.360 e. The average Bonchev–Trinajstić information content (AvgIpc) is 3.62. The monoisotopic (exact) mass is 677 g/mol. The molecule has 0 atom stereocenters. The standard InChI is InChI=1S/C42H39N5O4/c1-7-45-37-12-10-9-11-33(37)36-25-32(19-22-40(36)45)47(26(3)48)31-17-13-28(14-18-31)41(50)29-15-20-38-34(23-29)35-24-30(16-21-39(35)46(38)8-2)42(44(5)6)43-51-27(4)49/h9-25H,7-8H2,1-6H3. The van der Waals surface area contributed by atoms with E-state index in [1.165, 1.54) is 6.92 Å². The molecule has 0 aliphatic rings. The van der Waals surface area contributed by atoms with Crippen molar-refractivity contribution in [2.75, 3.05) is 19.0 Å². The summed E-state index contributed by atoms with van der Waals surface area (Å²) in [7, 11) is 3.68. The fourth-order valence-electron chi connectivity index (χ4n) is 7.19. The number of carbonyl (C=O) groups is 3. The van der Waals surface area contributed by atoms with Crippen molar-refractivity contribution >= 4 is 78.5 Å². The molecule has 0 saturated heterocycles. The minimum atomic E-state index is -0.499. The molecule has 0 unspecified atom stereocenters. The van der Waals surface area contributed by atoms with E-state index < -0.39 is 5.97 Å². The Hall–Kier alpha value is -6.22. The van der Waals surface area contributed by atoms with Crippen LogP contribution in [0, 0.1) is 0 Å². The van der Waals surface area contributed by atoms with Crippen molar-refractivity contribution in [3.05, 3.63) is 120 Å². The van der Waals surface area contributed by atoms with Crippen LogP contribution in [0.3, 0.4) is 0 Å². The molecule has 2 aromatic heterocycles. The number of anilines is 2. The average molecular weight is 678 g/mol. The van der Waals surface area contributed by atoms with Gasteiger partial charge >= 0.3 is 5.97 Å². The number of fused-ring (bicyclic) bond motifs is 6. The van der Waals surface area contributed by atoms with E-state index in [-0.39, 0.29) is 11.7 Å². The third-order valence-electron chi connectivity index (χ3n) is 9.42. The number of nitrogens with zero attached hydrogens (tertiary/aromatic N) is 5. The summed E-state index contributed by atoms with van der Waals surface area (Å²) in [6.07, 6.45) is 0. The van der Waals surface area contributed by atoms with Gasteiger partial charge in [-0.05, 0) is 98.8 Å². The molecule has 256 valence electrons. The van der Waals surface area contributed by atoms with Gasteiger partial charge in [-0.25, -0.2) is 4.79 Å². The molecule has 0 aliphatic heterocycles. The van der Waals surface area contributed by atoms with Gasteiger partial charge < -0.3 is 18.9 Å². The van der Waals surface area contributed by atoms with E-state index >= 15 is 0 Å². The maximum atomic E-state index is 13.9. The maximum Gasteiger partial charge on any atom is 0.332 e. The molecule has 0 N–H and O–H groups in total. The number of benzene rings is 5. The molecule has 0 saturated carbocycles. The normalized spacial score (nSPS) is 11.8. The van der Waals surface area contributed by atoms with Crippen LogP contribution in [-0.4, -0.2) is 51.6 Å². The molecular formula is C42H39N5O4. The summed E-state index contributed by atoms with van der Waals surface area (Å²) in [5.41, 5.74) is 7.61. The molecule has 9 nitrogen and oxygen atoms in total. The SMILES string of the molecule is CCn1c2ccc(C(=O)c3ccc(N(C(C)=O)c4ccc5c(c4)c4ccccc4n5CC)cc3)cc2c2cc(C(=NOC(C)=O)N(C)C)ccc21. The van der Waals surface area contributed by atoms with Crippen LogP contribution < -0.4 is 4.90 Å². The van der Waals surface area contributed by atoms with E-state index in [2.05, 4.69) is 52.4 Å². The summed E-state index contributed by atoms with van der Waals surface area (Å²) in [6.45, 7) is 8.67. The molecule has 0 aliphatic carbocycles. The highest BCUT2D eigenvalue weighted by atomic mass is 16.7. The largest absolute Gasteiger partial charge is 0.360 e. The highest BCUT2D eigenvalue weighted by Crippen LogP contribution is 2.35. The van der Waals surface area contributed by atoms with Crippen LogP contribution in [0.2, 0.25) is 0 Å². The predicted molar refractivity (Wildman–Crippen MR) is 205 cm³/mol. The van der Waals surface area contributed by atoms with Crippen molar-refractivity contribution < 1.29 is 19.2 Å². The van der Waals surface area contributed by atoms with Crippen LogP contribution in [0.1, 0.15) is 49.2 Å². The zero-order chi connectivity index (χ0) is 36.0. The zero-order valence-corrected chi connectivity index (χ0v) is 29.6. The van der Waals surface area contributed by atoms with Crippen LogP contribution in [0.4, 0.5) is 11.4 Å². The van der Waals surface area contributed by atoms with E-state index in [1.54, 1.807) is 28.9 Å². The molecule has 5 aromatic carbocycles. The number of rotatable bonds is 8. The Morgan fingerprint density at radius 3 is 1.71 bits per heavy atom. The van der Waals surface area contributed by atoms with Gasteiger partial charge in [-0.15, -0.1) is 0 Å². The third-order valence-corrected chi connectivity index (χ3v) is 9.42. The Bertz CT molecular complexity index is 2540. The van der Waals surface area contributed by atoms with Crippen molar-refractivity contribution in [1.82, 2.24) is 14.0 Å².